The van der Waals surface area contributed by atoms with Crippen LogP contribution in [0.5, 0.6) is 0 Å². The van der Waals surface area contributed by atoms with Crippen LogP contribution in [-0.2, 0) is 17.3 Å². The fourth-order valence-corrected chi connectivity index (χ4v) is 9.24. The molecule has 0 saturated heterocycles. The number of para-hydroxylation sites is 2. The third kappa shape index (κ3) is 4.02. The Bertz CT molecular complexity index is 2570. The molecule has 1 aliphatic carbocycles. The normalized spacial score (nSPS) is 16.0. The number of benzene rings is 7. The second kappa shape index (κ2) is 10.5. The van der Waals surface area contributed by atoms with Gasteiger partial charge in [-0.1, -0.05) is 131 Å². The molecule has 0 aromatic heterocycles. The Morgan fingerprint density at radius 2 is 1.18 bits per heavy atom. The van der Waals surface area contributed by atoms with Crippen molar-refractivity contribution in [2.45, 2.75) is 51.4 Å². The molecular formula is C48H40N2. The molecule has 3 aliphatic rings. The summed E-state index contributed by atoms with van der Waals surface area (Å²) >= 11 is 0. The zero-order valence-corrected chi connectivity index (χ0v) is 29.2. The summed E-state index contributed by atoms with van der Waals surface area (Å²) in [5.74, 6) is 0. The fraction of sp³-hybridized carbons (Fsp3) is 0.167. The molecule has 50 heavy (non-hydrogen) atoms. The van der Waals surface area contributed by atoms with E-state index >= 15 is 0 Å². The van der Waals surface area contributed by atoms with Crippen molar-refractivity contribution < 1.29 is 0 Å². The molecular weight excluding hydrogens is 605 g/mol. The Labute approximate surface area is 294 Å². The monoisotopic (exact) mass is 644 g/mol. The van der Waals surface area contributed by atoms with Crippen molar-refractivity contribution in [3.63, 3.8) is 0 Å². The summed E-state index contributed by atoms with van der Waals surface area (Å²) in [7, 11) is 0. The van der Waals surface area contributed by atoms with Gasteiger partial charge in [-0.25, -0.2) is 0 Å². The predicted molar refractivity (Wildman–Crippen MR) is 212 cm³/mol. The smallest absolute Gasteiger partial charge is 0.0543 e. The molecule has 0 saturated carbocycles. The van der Waals surface area contributed by atoms with Gasteiger partial charge < -0.3 is 9.80 Å². The van der Waals surface area contributed by atoms with Crippen molar-refractivity contribution in [1.29, 1.82) is 0 Å². The number of allylic oxidation sites excluding steroid dienone is 1. The average Bonchev–Trinajstić information content (AvgIpc) is 3.15. The first kappa shape index (κ1) is 29.3. The molecule has 0 N–H and O–H groups in total. The summed E-state index contributed by atoms with van der Waals surface area (Å²) < 4.78 is 0. The van der Waals surface area contributed by atoms with E-state index < -0.39 is 0 Å². The molecule has 0 radical (unpaired) electrons. The van der Waals surface area contributed by atoms with Gasteiger partial charge in [0.25, 0.3) is 0 Å². The molecule has 0 amide bonds. The van der Waals surface area contributed by atoms with E-state index in [1.165, 1.54) is 89.0 Å². The molecule has 2 nitrogen and oxygen atoms in total. The quantitative estimate of drug-likeness (QED) is 0.189. The van der Waals surface area contributed by atoms with Crippen LogP contribution in [0.1, 0.15) is 67.5 Å². The van der Waals surface area contributed by atoms with Gasteiger partial charge in [0.05, 0.1) is 22.7 Å². The van der Waals surface area contributed by atoms with E-state index in [9.17, 15) is 0 Å². The first-order valence-corrected chi connectivity index (χ1v) is 18.0. The van der Waals surface area contributed by atoms with Crippen molar-refractivity contribution in [3.8, 4) is 0 Å². The standard InChI is InChI=1S/C48H40N2/c1-47(2)39-20-11-12-23-43(39)50-44-27-26-35(30-42(44)48(3,4)41-22-13-21-40(47)46(41)50)49(34-25-24-31-14-5-6-15-32(31)28-34)45-29-33-16-7-8-17-36(33)37-18-9-10-19-38(37)45/h5-9,11-18,20-30H,10,19H2,1-4H3. The highest BCUT2D eigenvalue weighted by molar-refractivity contribution is 6.00. The van der Waals surface area contributed by atoms with Gasteiger partial charge >= 0.3 is 0 Å². The Hall–Kier alpha value is -5.60. The van der Waals surface area contributed by atoms with Gasteiger partial charge in [-0.05, 0) is 110 Å². The fourth-order valence-electron chi connectivity index (χ4n) is 9.24. The second-order valence-electron chi connectivity index (χ2n) is 15.3. The Morgan fingerprint density at radius 1 is 0.540 bits per heavy atom. The van der Waals surface area contributed by atoms with Crippen LogP contribution in [0.4, 0.5) is 34.1 Å². The lowest BCUT2D eigenvalue weighted by atomic mass is 9.66. The molecule has 0 unspecified atom stereocenters. The van der Waals surface area contributed by atoms with Crippen LogP contribution >= 0.6 is 0 Å². The van der Waals surface area contributed by atoms with Crippen LogP contribution in [0.25, 0.3) is 27.6 Å². The molecule has 7 aromatic rings. The zero-order chi connectivity index (χ0) is 33.8. The third-order valence-electron chi connectivity index (χ3n) is 11.8. The van der Waals surface area contributed by atoms with Crippen molar-refractivity contribution in [3.05, 3.63) is 173 Å². The Balaban J connectivity index is 1.25. The van der Waals surface area contributed by atoms with E-state index in [4.69, 9.17) is 0 Å². The van der Waals surface area contributed by atoms with Gasteiger partial charge in [-0.3, -0.25) is 0 Å². The summed E-state index contributed by atoms with van der Waals surface area (Å²) in [6.45, 7) is 9.59. The van der Waals surface area contributed by atoms with Gasteiger partial charge in [0.15, 0.2) is 0 Å². The highest BCUT2D eigenvalue weighted by atomic mass is 15.2. The first-order valence-electron chi connectivity index (χ1n) is 18.0. The Morgan fingerprint density at radius 3 is 2.02 bits per heavy atom. The maximum absolute atomic E-state index is 2.55. The van der Waals surface area contributed by atoms with E-state index in [0.29, 0.717) is 0 Å². The van der Waals surface area contributed by atoms with Crippen LogP contribution in [0.3, 0.4) is 0 Å². The van der Waals surface area contributed by atoms with Crippen molar-refractivity contribution in [2.24, 2.45) is 0 Å². The molecule has 0 fully saturated rings. The summed E-state index contributed by atoms with van der Waals surface area (Å²) in [6, 6.07) is 50.2. The first-order chi connectivity index (χ1) is 24.3. The lowest BCUT2D eigenvalue weighted by molar-refractivity contribution is 0.597. The molecule has 7 aromatic carbocycles. The van der Waals surface area contributed by atoms with Crippen LogP contribution in [0.15, 0.2) is 140 Å². The van der Waals surface area contributed by atoms with Gasteiger partial charge in [0.1, 0.15) is 0 Å². The van der Waals surface area contributed by atoms with Crippen LogP contribution in [0.2, 0.25) is 0 Å². The molecule has 2 heterocycles. The molecule has 2 heteroatoms. The molecule has 0 bridgehead atoms. The largest absolute Gasteiger partial charge is 0.310 e. The third-order valence-corrected chi connectivity index (χ3v) is 11.8. The van der Waals surface area contributed by atoms with Gasteiger partial charge in [0, 0.05) is 22.2 Å². The van der Waals surface area contributed by atoms with Crippen molar-refractivity contribution >= 4 is 61.7 Å². The highest BCUT2D eigenvalue weighted by Crippen LogP contribution is 2.60. The minimum atomic E-state index is -0.212. The second-order valence-corrected chi connectivity index (χ2v) is 15.3. The molecule has 242 valence electrons. The minimum Gasteiger partial charge on any atom is -0.310 e. The van der Waals surface area contributed by atoms with Crippen molar-refractivity contribution in [2.75, 3.05) is 9.80 Å². The van der Waals surface area contributed by atoms with E-state index in [-0.39, 0.29) is 10.8 Å². The summed E-state index contributed by atoms with van der Waals surface area (Å²) in [5.41, 5.74) is 15.5. The van der Waals surface area contributed by atoms with E-state index in [0.717, 1.165) is 12.8 Å². The molecule has 2 aliphatic heterocycles. The number of hydrogen-bond donors (Lipinski definition) is 0. The van der Waals surface area contributed by atoms with Gasteiger partial charge in [-0.15, -0.1) is 0 Å². The highest BCUT2D eigenvalue weighted by Gasteiger charge is 2.45. The molecule has 0 spiro atoms. The minimum absolute atomic E-state index is 0.0948. The number of fused-ring (bicyclic) bond motifs is 8. The maximum atomic E-state index is 2.55. The number of rotatable bonds is 3. The van der Waals surface area contributed by atoms with Crippen LogP contribution in [0, 0.1) is 0 Å². The molecule has 10 rings (SSSR count). The zero-order valence-electron chi connectivity index (χ0n) is 29.2. The van der Waals surface area contributed by atoms with Crippen molar-refractivity contribution in [1.82, 2.24) is 0 Å². The lowest BCUT2D eigenvalue weighted by Crippen LogP contribution is -2.38. The molecule has 0 atom stereocenters. The maximum Gasteiger partial charge on any atom is 0.0543 e. The number of anilines is 6. The topological polar surface area (TPSA) is 6.48 Å². The van der Waals surface area contributed by atoms with Crippen LogP contribution in [-0.4, -0.2) is 0 Å². The summed E-state index contributed by atoms with van der Waals surface area (Å²) in [5, 5.41) is 5.10. The predicted octanol–water partition coefficient (Wildman–Crippen LogP) is 13.2. The Kier molecular flexibility index (Phi) is 6.13. The summed E-state index contributed by atoms with van der Waals surface area (Å²) in [4.78, 5) is 5.09. The van der Waals surface area contributed by atoms with Gasteiger partial charge in [0.2, 0.25) is 0 Å². The number of hydrogen-bond acceptors (Lipinski definition) is 2. The lowest BCUT2D eigenvalue weighted by Gasteiger charge is -2.49. The number of nitrogens with zero attached hydrogens (tertiary/aromatic N) is 2. The van der Waals surface area contributed by atoms with E-state index in [1.807, 2.05) is 0 Å². The summed E-state index contributed by atoms with van der Waals surface area (Å²) in [6.07, 6.45) is 6.75. The van der Waals surface area contributed by atoms with E-state index in [1.54, 1.807) is 0 Å². The van der Waals surface area contributed by atoms with Gasteiger partial charge in [-0.2, -0.15) is 0 Å². The average molecular weight is 645 g/mol. The SMILES string of the molecule is CC1(C)c2ccccc2N2c3ccc(N(c4ccc5ccccc5c4)c4cc5ccccc5c5c4CCC=C5)cc3C(C)(C)c3cccc1c32. The van der Waals surface area contributed by atoms with E-state index in [2.05, 4.69) is 183 Å². The van der Waals surface area contributed by atoms with Crippen LogP contribution < -0.4 is 9.80 Å².